The van der Waals surface area contributed by atoms with Crippen LogP contribution in [-0.4, -0.2) is 38.7 Å². The number of fused-ring (bicyclic) bond motifs is 1. The Morgan fingerprint density at radius 3 is 2.52 bits per heavy atom. The minimum absolute atomic E-state index is 0.0262. The Morgan fingerprint density at radius 1 is 1.07 bits per heavy atom. The van der Waals surface area contributed by atoms with Crippen LogP contribution in [0.15, 0.2) is 52.2 Å². The molecule has 4 aromatic rings. The molecular formula is C18H14FN7O3. The maximum atomic E-state index is 13.1. The highest BCUT2D eigenvalue weighted by Crippen LogP contribution is 2.26. The first-order valence-electron chi connectivity index (χ1n) is 8.31. The summed E-state index contributed by atoms with van der Waals surface area (Å²) in [6.45, 7) is 0. The van der Waals surface area contributed by atoms with Crippen LogP contribution in [0.4, 0.5) is 21.7 Å². The van der Waals surface area contributed by atoms with Crippen LogP contribution in [0.25, 0.3) is 11.3 Å². The summed E-state index contributed by atoms with van der Waals surface area (Å²) in [5, 5.41) is 24.1. The second kappa shape index (κ2) is 7.76. The zero-order valence-corrected chi connectivity index (χ0v) is 15.0. The third kappa shape index (κ3) is 4.03. The molecule has 0 radical (unpaired) electrons. The SMILES string of the molecule is COc1cc(/C=N\Nc2nc3nonc3nc2Nc2ccc(F)cc2)ccc1O. The number of anilines is 3. The van der Waals surface area contributed by atoms with E-state index in [2.05, 4.69) is 40.8 Å². The molecule has 0 aliphatic heterocycles. The Balaban J connectivity index is 1.60. The predicted octanol–water partition coefficient (Wildman–Crippen LogP) is 3.06. The largest absolute Gasteiger partial charge is 0.504 e. The quantitative estimate of drug-likeness (QED) is 0.333. The standard InChI is InChI=1S/C18H14FN7O3/c1-28-14-8-10(2-7-13(14)27)9-20-24-16-15(21-12-5-3-11(19)4-6-12)22-17-18(23-16)26-29-25-17/h2-9,27H,1H3,(H,21,22,25)(H,23,24,26)/b20-9-. The number of methoxy groups -OCH3 is 1. The van der Waals surface area contributed by atoms with Crippen LogP contribution in [0.3, 0.4) is 0 Å². The van der Waals surface area contributed by atoms with Gasteiger partial charge in [-0.2, -0.15) is 10.1 Å². The number of aromatic nitrogens is 4. The molecule has 10 nitrogen and oxygen atoms in total. The van der Waals surface area contributed by atoms with E-state index in [1.165, 1.54) is 31.5 Å². The van der Waals surface area contributed by atoms with Crippen molar-refractivity contribution in [2.45, 2.75) is 0 Å². The molecule has 2 aromatic carbocycles. The predicted molar refractivity (Wildman–Crippen MR) is 103 cm³/mol. The van der Waals surface area contributed by atoms with Crippen molar-refractivity contribution in [3.63, 3.8) is 0 Å². The van der Waals surface area contributed by atoms with Gasteiger partial charge in [0.25, 0.3) is 0 Å². The van der Waals surface area contributed by atoms with Crippen LogP contribution in [0.1, 0.15) is 5.56 Å². The van der Waals surface area contributed by atoms with Gasteiger partial charge in [-0.05, 0) is 58.3 Å². The molecule has 0 bridgehead atoms. The molecule has 146 valence electrons. The molecule has 0 unspecified atom stereocenters. The molecule has 0 aliphatic rings. The number of ether oxygens (including phenoxy) is 1. The zero-order valence-electron chi connectivity index (χ0n) is 15.0. The van der Waals surface area contributed by atoms with Crippen LogP contribution in [0.5, 0.6) is 11.5 Å². The Hall–Kier alpha value is -4.28. The third-order valence-electron chi connectivity index (χ3n) is 3.81. The van der Waals surface area contributed by atoms with Gasteiger partial charge in [-0.15, -0.1) is 0 Å². The number of phenols is 1. The summed E-state index contributed by atoms with van der Waals surface area (Å²) in [6, 6.07) is 10.5. The molecule has 0 aliphatic carbocycles. The molecule has 0 amide bonds. The Morgan fingerprint density at radius 2 is 1.79 bits per heavy atom. The number of hydrogen-bond donors (Lipinski definition) is 3. The molecule has 2 heterocycles. The first-order valence-corrected chi connectivity index (χ1v) is 8.31. The number of nitrogens with one attached hydrogen (secondary N) is 2. The van der Waals surface area contributed by atoms with Crippen molar-refractivity contribution in [2.24, 2.45) is 5.10 Å². The average molecular weight is 395 g/mol. The van der Waals surface area contributed by atoms with Gasteiger partial charge < -0.3 is 15.2 Å². The van der Waals surface area contributed by atoms with Crippen LogP contribution in [-0.2, 0) is 0 Å². The summed E-state index contributed by atoms with van der Waals surface area (Å²) in [7, 11) is 1.46. The molecule has 0 fully saturated rings. The second-order valence-electron chi connectivity index (χ2n) is 5.77. The lowest BCUT2D eigenvalue weighted by molar-refractivity contribution is 0.314. The van der Waals surface area contributed by atoms with Gasteiger partial charge >= 0.3 is 0 Å². The number of benzene rings is 2. The summed E-state index contributed by atoms with van der Waals surface area (Å²) in [6.07, 6.45) is 1.51. The Bertz CT molecular complexity index is 1180. The maximum Gasteiger partial charge on any atom is 0.245 e. The van der Waals surface area contributed by atoms with E-state index in [1.807, 2.05) is 0 Å². The number of aromatic hydroxyl groups is 1. The van der Waals surface area contributed by atoms with Gasteiger partial charge in [0.1, 0.15) is 5.82 Å². The monoisotopic (exact) mass is 395 g/mol. The molecular weight excluding hydrogens is 381 g/mol. The van der Waals surface area contributed by atoms with E-state index in [0.717, 1.165) is 0 Å². The van der Waals surface area contributed by atoms with E-state index in [-0.39, 0.29) is 28.7 Å². The summed E-state index contributed by atoms with van der Waals surface area (Å²) in [4.78, 5) is 8.57. The molecule has 0 saturated carbocycles. The number of phenolic OH excluding ortho intramolecular Hbond substituents is 1. The van der Waals surface area contributed by atoms with E-state index in [1.54, 1.807) is 24.3 Å². The van der Waals surface area contributed by atoms with Gasteiger partial charge in [-0.1, -0.05) is 0 Å². The van der Waals surface area contributed by atoms with Crippen LogP contribution in [0.2, 0.25) is 0 Å². The fraction of sp³-hybridized carbons (Fsp3) is 0.0556. The van der Waals surface area contributed by atoms with Gasteiger partial charge in [0.15, 0.2) is 23.1 Å². The van der Waals surface area contributed by atoms with E-state index >= 15 is 0 Å². The van der Waals surface area contributed by atoms with E-state index in [9.17, 15) is 9.50 Å². The summed E-state index contributed by atoms with van der Waals surface area (Å²) >= 11 is 0. The van der Waals surface area contributed by atoms with E-state index in [0.29, 0.717) is 22.8 Å². The van der Waals surface area contributed by atoms with Crippen LogP contribution >= 0.6 is 0 Å². The maximum absolute atomic E-state index is 13.1. The highest BCUT2D eigenvalue weighted by molar-refractivity contribution is 5.82. The second-order valence-corrected chi connectivity index (χ2v) is 5.77. The summed E-state index contributed by atoms with van der Waals surface area (Å²) in [5.74, 6) is 0.533. The molecule has 2 aromatic heterocycles. The molecule has 0 spiro atoms. The first kappa shape index (κ1) is 18.1. The van der Waals surface area contributed by atoms with Gasteiger partial charge in [-0.3, -0.25) is 5.43 Å². The van der Waals surface area contributed by atoms with Crippen LogP contribution < -0.4 is 15.5 Å². The topological polar surface area (TPSA) is 131 Å². The number of hydrazone groups is 1. The zero-order chi connectivity index (χ0) is 20.2. The van der Waals surface area contributed by atoms with Crippen molar-refractivity contribution in [1.29, 1.82) is 0 Å². The number of rotatable bonds is 6. The molecule has 11 heteroatoms. The normalized spacial score (nSPS) is 11.1. The molecule has 4 rings (SSSR count). The lowest BCUT2D eigenvalue weighted by atomic mass is 10.2. The minimum atomic E-state index is -0.356. The van der Waals surface area contributed by atoms with Gasteiger partial charge in [0.05, 0.1) is 13.3 Å². The number of halogens is 1. The minimum Gasteiger partial charge on any atom is -0.504 e. The van der Waals surface area contributed by atoms with Gasteiger partial charge in [-0.25, -0.2) is 14.0 Å². The number of hydrogen-bond acceptors (Lipinski definition) is 10. The fourth-order valence-electron chi connectivity index (χ4n) is 2.42. The van der Waals surface area contributed by atoms with Gasteiger partial charge in [0, 0.05) is 5.69 Å². The van der Waals surface area contributed by atoms with E-state index in [4.69, 9.17) is 4.74 Å². The van der Waals surface area contributed by atoms with Crippen LogP contribution in [0, 0.1) is 5.82 Å². The van der Waals surface area contributed by atoms with Crippen molar-refractivity contribution < 1.29 is 18.9 Å². The van der Waals surface area contributed by atoms with E-state index < -0.39 is 0 Å². The highest BCUT2D eigenvalue weighted by atomic mass is 19.1. The Kier molecular flexibility index (Phi) is 4.84. The Labute approximate surface area is 163 Å². The van der Waals surface area contributed by atoms with Crippen molar-refractivity contribution in [3.8, 4) is 11.5 Å². The average Bonchev–Trinajstić information content (AvgIpc) is 3.18. The molecule has 0 atom stereocenters. The highest BCUT2D eigenvalue weighted by Gasteiger charge is 2.13. The summed E-state index contributed by atoms with van der Waals surface area (Å²) < 4.78 is 22.8. The first-order chi connectivity index (χ1) is 14.1. The smallest absolute Gasteiger partial charge is 0.245 e. The molecule has 0 saturated heterocycles. The lowest BCUT2D eigenvalue weighted by Gasteiger charge is -2.09. The summed E-state index contributed by atoms with van der Waals surface area (Å²) in [5.41, 5.74) is 4.44. The van der Waals surface area contributed by atoms with Crippen molar-refractivity contribution >= 4 is 34.8 Å². The molecule has 3 N–H and O–H groups in total. The lowest BCUT2D eigenvalue weighted by Crippen LogP contribution is -2.03. The van der Waals surface area contributed by atoms with Crippen molar-refractivity contribution in [1.82, 2.24) is 20.3 Å². The fourth-order valence-corrected chi connectivity index (χ4v) is 2.42. The molecule has 29 heavy (non-hydrogen) atoms. The van der Waals surface area contributed by atoms with Crippen molar-refractivity contribution in [2.75, 3.05) is 17.9 Å². The van der Waals surface area contributed by atoms with Gasteiger partial charge in [0.2, 0.25) is 11.3 Å². The third-order valence-corrected chi connectivity index (χ3v) is 3.81. The van der Waals surface area contributed by atoms with Crippen molar-refractivity contribution in [3.05, 3.63) is 53.8 Å². The number of nitrogens with zero attached hydrogens (tertiary/aromatic N) is 5.